The van der Waals surface area contributed by atoms with Crippen LogP contribution in [0, 0.1) is 0 Å². The number of alkyl carbamates (subject to hydrolysis) is 1. The molecule has 1 aliphatic heterocycles. The average Bonchev–Trinajstić information content (AvgIpc) is 3.84. The predicted molar refractivity (Wildman–Crippen MR) is 250 cm³/mol. The summed E-state index contributed by atoms with van der Waals surface area (Å²) < 4.78 is 43.6. The van der Waals surface area contributed by atoms with Gasteiger partial charge in [0.15, 0.2) is 0 Å². The van der Waals surface area contributed by atoms with Crippen LogP contribution in [0.2, 0.25) is 0 Å². The van der Waals surface area contributed by atoms with Gasteiger partial charge in [0.1, 0.15) is 13.2 Å². The van der Waals surface area contributed by atoms with Gasteiger partial charge in [-0.3, -0.25) is 24.1 Å². The summed E-state index contributed by atoms with van der Waals surface area (Å²) in [6.45, 7) is 7.09. The van der Waals surface area contributed by atoms with Crippen molar-refractivity contribution in [3.63, 3.8) is 0 Å². The Balaban J connectivity index is 1.31. The molecule has 1 heterocycles. The van der Waals surface area contributed by atoms with Crippen LogP contribution in [0.15, 0.2) is 46.6 Å². The summed E-state index contributed by atoms with van der Waals surface area (Å²) in [6.07, 6.45) is -0.867. The zero-order valence-electron chi connectivity index (χ0n) is 39.9. The van der Waals surface area contributed by atoms with Crippen molar-refractivity contribution in [3.05, 3.63) is 79.5 Å². The summed E-state index contributed by atoms with van der Waals surface area (Å²) in [7, 11) is 0. The number of benzene rings is 2. The maximum atomic E-state index is 13.4. The lowest BCUT2D eigenvalue weighted by Crippen LogP contribution is -2.42. The molecule has 26 heteroatoms. The molecular formula is C45H63N11O15. The van der Waals surface area contributed by atoms with E-state index in [0.29, 0.717) is 96.4 Å². The van der Waals surface area contributed by atoms with E-state index in [2.05, 4.69) is 36.0 Å². The first-order valence-corrected chi connectivity index (χ1v) is 23.2. The molecule has 4 rings (SSSR count). The molecule has 0 spiro atoms. The molecule has 26 nitrogen and oxygen atoms in total. The smallest absolute Gasteiger partial charge is 0.407 e. The molecule has 1 atom stereocenters. The highest BCUT2D eigenvalue weighted by Crippen LogP contribution is 2.45. The number of carbonyl (C=O) groups is 6. The van der Waals surface area contributed by atoms with Crippen molar-refractivity contribution in [3.8, 4) is 11.1 Å². The number of azide groups is 2. The van der Waals surface area contributed by atoms with E-state index in [-0.39, 0.29) is 84.4 Å². The lowest BCUT2D eigenvalue weighted by Gasteiger charge is -2.22. The fraction of sp³-hybridized carbons (Fsp3) is 0.600. The van der Waals surface area contributed by atoms with Crippen molar-refractivity contribution >= 4 is 35.8 Å². The molecule has 4 amide bonds. The predicted octanol–water partition coefficient (Wildman–Crippen LogP) is 2.54. The summed E-state index contributed by atoms with van der Waals surface area (Å²) in [4.78, 5) is 86.3. The summed E-state index contributed by atoms with van der Waals surface area (Å²) in [5.74, 6) is -3.41. The molecule has 2 aromatic carbocycles. The van der Waals surface area contributed by atoms with E-state index in [4.69, 9.17) is 53.8 Å². The van der Waals surface area contributed by atoms with Gasteiger partial charge < -0.3 is 58.7 Å². The number of hydrogen-bond donors (Lipinski definition) is 3. The molecule has 2 aliphatic rings. The zero-order chi connectivity index (χ0) is 50.9. The maximum absolute atomic E-state index is 13.4. The Kier molecular flexibility index (Phi) is 27.3. The Bertz CT molecular complexity index is 2120. The Hall–Kier alpha value is -6.44. The van der Waals surface area contributed by atoms with Crippen LogP contribution >= 0.6 is 0 Å². The summed E-state index contributed by atoms with van der Waals surface area (Å²) in [5, 5.41) is 16.2. The van der Waals surface area contributed by atoms with Crippen molar-refractivity contribution < 1.29 is 71.5 Å². The summed E-state index contributed by atoms with van der Waals surface area (Å²) >= 11 is 0. The first-order chi connectivity index (χ1) is 34.6. The van der Waals surface area contributed by atoms with E-state index in [1.54, 1.807) is 12.1 Å². The second-order valence-corrected chi connectivity index (χ2v) is 15.5. The van der Waals surface area contributed by atoms with Crippen LogP contribution in [0.1, 0.15) is 52.7 Å². The van der Waals surface area contributed by atoms with Gasteiger partial charge in [0.2, 0.25) is 0 Å². The van der Waals surface area contributed by atoms with Gasteiger partial charge in [0.25, 0.3) is 17.7 Å². The van der Waals surface area contributed by atoms with Gasteiger partial charge in [-0.05, 0) is 51.0 Å². The third kappa shape index (κ3) is 22.0. The molecule has 71 heavy (non-hydrogen) atoms. The number of amides is 4. The number of carbonyl (C=O) groups excluding carboxylic acids is 6. The Morgan fingerprint density at radius 2 is 1.24 bits per heavy atom. The summed E-state index contributed by atoms with van der Waals surface area (Å²) in [6, 6.07) is 11.5. The number of rotatable bonds is 38. The zero-order valence-corrected chi connectivity index (χ0v) is 39.9. The average molecular weight is 998 g/mol. The largest absolute Gasteiger partial charge is 0.465 e. The molecule has 388 valence electrons. The Morgan fingerprint density at radius 1 is 0.676 bits per heavy atom. The van der Waals surface area contributed by atoms with Gasteiger partial charge in [0, 0.05) is 93.4 Å². The molecule has 3 N–H and O–H groups in total. The molecule has 1 unspecified atom stereocenters. The number of hydroxylamine groups is 2. The Labute approximate surface area is 410 Å². The minimum atomic E-state index is -0.885. The van der Waals surface area contributed by atoms with Crippen LogP contribution in [0.4, 0.5) is 4.79 Å². The normalized spacial score (nSPS) is 13.5. The van der Waals surface area contributed by atoms with Crippen molar-refractivity contribution in [2.24, 2.45) is 10.2 Å². The van der Waals surface area contributed by atoms with Crippen molar-refractivity contribution in [2.75, 3.05) is 145 Å². The second-order valence-electron chi connectivity index (χ2n) is 15.5. The van der Waals surface area contributed by atoms with Gasteiger partial charge in [-0.25, -0.2) is 9.59 Å². The fourth-order valence-electron chi connectivity index (χ4n) is 7.03. The third-order valence-corrected chi connectivity index (χ3v) is 10.4. The minimum Gasteiger partial charge on any atom is -0.465 e. The van der Waals surface area contributed by atoms with Gasteiger partial charge in [-0.15, -0.1) is 5.06 Å². The number of fused-ring (bicyclic) bond motifs is 3. The van der Waals surface area contributed by atoms with Gasteiger partial charge >= 0.3 is 18.0 Å². The molecule has 0 saturated carbocycles. The van der Waals surface area contributed by atoms with Crippen LogP contribution in [-0.4, -0.2) is 191 Å². The van der Waals surface area contributed by atoms with Gasteiger partial charge in [-0.2, -0.15) is 0 Å². The fourth-order valence-corrected chi connectivity index (χ4v) is 7.03. The second kappa shape index (κ2) is 34.0. The van der Waals surface area contributed by atoms with Crippen molar-refractivity contribution in [1.82, 2.24) is 25.9 Å². The highest BCUT2D eigenvalue weighted by atomic mass is 16.7. The number of esters is 1. The van der Waals surface area contributed by atoms with Crippen LogP contribution < -0.4 is 16.0 Å². The third-order valence-electron chi connectivity index (χ3n) is 10.4. The molecule has 0 aromatic heterocycles. The lowest BCUT2D eigenvalue weighted by atomic mass is 9.95. The molecule has 0 radical (unpaired) electrons. The number of ether oxygens (including phenoxy) is 8. The first-order valence-electron chi connectivity index (χ1n) is 23.2. The molecule has 0 bridgehead atoms. The van der Waals surface area contributed by atoms with E-state index < -0.39 is 35.8 Å². The summed E-state index contributed by atoms with van der Waals surface area (Å²) in [5.41, 5.74) is 21.5. The molecule has 1 fully saturated rings. The highest BCUT2D eigenvalue weighted by molar-refractivity contribution is 6.01. The SMILES string of the molecule is CC(=O)OCCN(CCNC(=O)OCC1c2cc(CNCCOCCOCCOCCN=[N+]=[N-])ccc2-c2ccc(C(=O)NCCOCCOCCOCCN=[N+]=[N-])cc21)CC(=O)ON1C(=O)CCC1=O. The Morgan fingerprint density at radius 3 is 1.85 bits per heavy atom. The molecular weight excluding hydrogens is 935 g/mol. The van der Waals surface area contributed by atoms with E-state index in [9.17, 15) is 28.8 Å². The van der Waals surface area contributed by atoms with E-state index in [1.807, 2.05) is 24.3 Å². The monoisotopic (exact) mass is 997 g/mol. The van der Waals surface area contributed by atoms with E-state index in [1.165, 1.54) is 11.8 Å². The number of nitrogens with zero attached hydrogens (tertiary/aromatic N) is 8. The molecule has 2 aromatic rings. The van der Waals surface area contributed by atoms with Crippen LogP contribution in [0.25, 0.3) is 32.0 Å². The van der Waals surface area contributed by atoms with Gasteiger partial charge in [-0.1, -0.05) is 34.5 Å². The first kappa shape index (κ1) is 57.1. The molecule has 1 aliphatic carbocycles. The number of nitrogens with one attached hydrogen (secondary N) is 3. The van der Waals surface area contributed by atoms with Crippen molar-refractivity contribution in [1.29, 1.82) is 0 Å². The lowest BCUT2D eigenvalue weighted by molar-refractivity contribution is -0.198. The maximum Gasteiger partial charge on any atom is 0.407 e. The highest BCUT2D eigenvalue weighted by Gasteiger charge is 2.34. The van der Waals surface area contributed by atoms with Crippen LogP contribution in [0.5, 0.6) is 0 Å². The molecule has 1 saturated heterocycles. The minimum absolute atomic E-state index is 0.00561. The quantitative estimate of drug-likeness (QED) is 0.0217. The number of imide groups is 1. The standard InChI is InChI=1S/C45H63N11O15/c1-33(57)69-19-14-55(31-43(60)71-56-41(58)6-7-42(56)59)13-8-50-45(62)70-32-40-38-28-34(30-48-9-15-63-20-24-67-26-22-65-17-11-51-53-46)2-4-36(38)37-5-3-35(29-39(37)40)44(61)49-10-16-64-21-25-68-27-23-66-18-12-52-54-47/h2-5,28-29,40,48H,6-27,30-32H2,1H3,(H,49,61)(H,50,62). The van der Waals surface area contributed by atoms with E-state index >= 15 is 0 Å². The van der Waals surface area contributed by atoms with Crippen LogP contribution in [-0.2, 0) is 68.5 Å². The number of hydrogen-bond acceptors (Lipinski definition) is 19. The van der Waals surface area contributed by atoms with Crippen LogP contribution in [0.3, 0.4) is 0 Å². The topological polar surface area (TPSA) is 326 Å². The van der Waals surface area contributed by atoms with Gasteiger partial charge in [0.05, 0.1) is 85.8 Å². The van der Waals surface area contributed by atoms with E-state index in [0.717, 1.165) is 27.8 Å². The van der Waals surface area contributed by atoms with Crippen molar-refractivity contribution in [2.45, 2.75) is 32.2 Å².